The SMILES string of the molecule is CCN(CC)c1ccc(C(=O)NNC(=O)c2c(C)nn(-c3ccccc3)c2C)cc1. The van der Waals surface area contributed by atoms with Crippen LogP contribution in [0, 0.1) is 13.8 Å². The summed E-state index contributed by atoms with van der Waals surface area (Å²) in [4.78, 5) is 27.3. The Balaban J connectivity index is 1.69. The Bertz CT molecular complexity index is 1020. The van der Waals surface area contributed by atoms with Crippen LogP contribution in [0.3, 0.4) is 0 Å². The van der Waals surface area contributed by atoms with E-state index in [1.807, 2.05) is 49.4 Å². The number of aryl methyl sites for hydroxylation is 1. The van der Waals surface area contributed by atoms with Gasteiger partial charge >= 0.3 is 0 Å². The smallest absolute Gasteiger partial charge is 0.273 e. The molecule has 1 heterocycles. The molecule has 0 radical (unpaired) electrons. The summed E-state index contributed by atoms with van der Waals surface area (Å²) >= 11 is 0. The summed E-state index contributed by atoms with van der Waals surface area (Å²) in [5.74, 6) is -0.777. The zero-order valence-corrected chi connectivity index (χ0v) is 17.8. The quantitative estimate of drug-likeness (QED) is 0.616. The zero-order valence-electron chi connectivity index (χ0n) is 17.8. The highest BCUT2D eigenvalue weighted by atomic mass is 16.2. The van der Waals surface area contributed by atoms with Crippen LogP contribution in [0.15, 0.2) is 54.6 Å². The van der Waals surface area contributed by atoms with Gasteiger partial charge in [0.1, 0.15) is 0 Å². The molecule has 3 aromatic rings. The highest BCUT2D eigenvalue weighted by molar-refractivity contribution is 6.00. The third-order valence-electron chi connectivity index (χ3n) is 5.07. The lowest BCUT2D eigenvalue weighted by molar-refractivity contribution is 0.0846. The van der Waals surface area contributed by atoms with Crippen LogP contribution in [0.1, 0.15) is 46.0 Å². The van der Waals surface area contributed by atoms with Crippen LogP contribution in [0.5, 0.6) is 0 Å². The van der Waals surface area contributed by atoms with E-state index in [1.165, 1.54) is 0 Å². The number of hydrogen-bond acceptors (Lipinski definition) is 4. The first-order chi connectivity index (χ1) is 14.5. The molecule has 7 heteroatoms. The van der Waals surface area contributed by atoms with E-state index in [0.717, 1.165) is 24.5 Å². The van der Waals surface area contributed by atoms with Crippen LogP contribution in [0.25, 0.3) is 5.69 Å². The lowest BCUT2D eigenvalue weighted by Gasteiger charge is -2.21. The maximum atomic E-state index is 12.7. The van der Waals surface area contributed by atoms with Gasteiger partial charge in [-0.05, 0) is 64.1 Å². The molecule has 2 N–H and O–H groups in total. The van der Waals surface area contributed by atoms with Crippen molar-refractivity contribution in [3.63, 3.8) is 0 Å². The van der Waals surface area contributed by atoms with Gasteiger partial charge in [-0.15, -0.1) is 0 Å². The molecule has 3 rings (SSSR count). The van der Waals surface area contributed by atoms with Gasteiger partial charge in [0.15, 0.2) is 0 Å². The van der Waals surface area contributed by atoms with Crippen LogP contribution >= 0.6 is 0 Å². The fraction of sp³-hybridized carbons (Fsp3) is 0.261. The van der Waals surface area contributed by atoms with Gasteiger partial charge in [0.25, 0.3) is 11.8 Å². The van der Waals surface area contributed by atoms with Crippen LogP contribution in [-0.2, 0) is 0 Å². The van der Waals surface area contributed by atoms with Crippen molar-refractivity contribution in [3.8, 4) is 5.69 Å². The Hall–Kier alpha value is -3.61. The Kier molecular flexibility index (Phi) is 6.51. The largest absolute Gasteiger partial charge is 0.372 e. The second-order valence-electron chi connectivity index (χ2n) is 6.92. The highest BCUT2D eigenvalue weighted by Gasteiger charge is 2.20. The minimum absolute atomic E-state index is 0.375. The Morgan fingerprint density at radius 3 is 2.10 bits per heavy atom. The number of aromatic nitrogens is 2. The van der Waals surface area contributed by atoms with E-state index >= 15 is 0 Å². The average molecular weight is 406 g/mol. The van der Waals surface area contributed by atoms with E-state index < -0.39 is 5.91 Å². The molecule has 0 unspecified atom stereocenters. The molecule has 2 amide bonds. The van der Waals surface area contributed by atoms with Crippen molar-refractivity contribution in [2.75, 3.05) is 18.0 Å². The normalized spacial score (nSPS) is 10.5. The van der Waals surface area contributed by atoms with E-state index in [0.29, 0.717) is 22.5 Å². The van der Waals surface area contributed by atoms with E-state index in [4.69, 9.17) is 0 Å². The average Bonchev–Trinajstić information content (AvgIpc) is 3.07. The van der Waals surface area contributed by atoms with Crippen molar-refractivity contribution >= 4 is 17.5 Å². The Morgan fingerprint density at radius 2 is 1.50 bits per heavy atom. The van der Waals surface area contributed by atoms with Crippen molar-refractivity contribution in [2.45, 2.75) is 27.7 Å². The number of nitrogens with one attached hydrogen (secondary N) is 2. The van der Waals surface area contributed by atoms with Crippen molar-refractivity contribution in [3.05, 3.63) is 77.1 Å². The first kappa shape index (κ1) is 21.1. The molecule has 0 aliphatic carbocycles. The molecule has 0 atom stereocenters. The predicted octanol–water partition coefficient (Wildman–Crippen LogP) is 3.41. The number of para-hydroxylation sites is 1. The van der Waals surface area contributed by atoms with Crippen LogP contribution in [-0.4, -0.2) is 34.7 Å². The summed E-state index contributed by atoms with van der Waals surface area (Å²) in [6.45, 7) is 9.57. The monoisotopic (exact) mass is 405 g/mol. The molecule has 156 valence electrons. The molecule has 0 spiro atoms. The number of rotatable bonds is 6. The van der Waals surface area contributed by atoms with E-state index in [-0.39, 0.29) is 5.91 Å². The predicted molar refractivity (Wildman–Crippen MR) is 118 cm³/mol. The van der Waals surface area contributed by atoms with Gasteiger partial charge in [0, 0.05) is 24.3 Å². The Labute approximate surface area is 176 Å². The summed E-state index contributed by atoms with van der Waals surface area (Å²) in [5.41, 5.74) is 9.12. The van der Waals surface area contributed by atoms with Gasteiger partial charge in [-0.1, -0.05) is 18.2 Å². The van der Waals surface area contributed by atoms with Gasteiger partial charge in [-0.2, -0.15) is 5.10 Å². The fourth-order valence-corrected chi connectivity index (χ4v) is 3.45. The third kappa shape index (κ3) is 4.35. The molecule has 0 saturated heterocycles. The van der Waals surface area contributed by atoms with Gasteiger partial charge in [0.05, 0.1) is 22.6 Å². The number of amides is 2. The van der Waals surface area contributed by atoms with Gasteiger partial charge in [0.2, 0.25) is 0 Å². The van der Waals surface area contributed by atoms with Crippen molar-refractivity contribution in [1.82, 2.24) is 20.6 Å². The maximum absolute atomic E-state index is 12.7. The molecule has 1 aromatic heterocycles. The number of carbonyl (C=O) groups excluding carboxylic acids is 2. The van der Waals surface area contributed by atoms with E-state index in [9.17, 15) is 9.59 Å². The molecular formula is C23H27N5O2. The van der Waals surface area contributed by atoms with Crippen molar-refractivity contribution < 1.29 is 9.59 Å². The number of hydrazine groups is 1. The lowest BCUT2D eigenvalue weighted by atomic mass is 10.2. The van der Waals surface area contributed by atoms with Gasteiger partial charge in [-0.3, -0.25) is 20.4 Å². The fourth-order valence-electron chi connectivity index (χ4n) is 3.45. The minimum Gasteiger partial charge on any atom is -0.372 e. The Morgan fingerprint density at radius 1 is 0.900 bits per heavy atom. The minimum atomic E-state index is -0.403. The van der Waals surface area contributed by atoms with Crippen LogP contribution in [0.4, 0.5) is 5.69 Å². The van der Waals surface area contributed by atoms with Crippen molar-refractivity contribution in [1.29, 1.82) is 0 Å². The summed E-state index contributed by atoms with van der Waals surface area (Å²) in [6.07, 6.45) is 0. The van der Waals surface area contributed by atoms with Crippen LogP contribution < -0.4 is 15.8 Å². The summed E-state index contributed by atoms with van der Waals surface area (Å²) in [7, 11) is 0. The second kappa shape index (κ2) is 9.26. The molecule has 2 aromatic carbocycles. The first-order valence-corrected chi connectivity index (χ1v) is 10.0. The van der Waals surface area contributed by atoms with E-state index in [1.54, 1.807) is 23.7 Å². The number of hydrogen-bond donors (Lipinski definition) is 2. The number of anilines is 1. The lowest BCUT2D eigenvalue weighted by Crippen LogP contribution is -2.42. The third-order valence-corrected chi connectivity index (χ3v) is 5.07. The molecule has 0 aliphatic rings. The molecule has 0 fully saturated rings. The molecule has 0 saturated carbocycles. The van der Waals surface area contributed by atoms with Crippen molar-refractivity contribution in [2.24, 2.45) is 0 Å². The molecular weight excluding hydrogens is 378 g/mol. The second-order valence-corrected chi connectivity index (χ2v) is 6.92. The van der Waals surface area contributed by atoms with E-state index in [2.05, 4.69) is 34.7 Å². The summed E-state index contributed by atoms with van der Waals surface area (Å²) in [5, 5.41) is 4.47. The summed E-state index contributed by atoms with van der Waals surface area (Å²) < 4.78 is 1.72. The topological polar surface area (TPSA) is 79.3 Å². The standard InChI is InChI=1S/C23H27N5O2/c1-5-27(6-2)19-14-12-18(13-15-19)22(29)24-25-23(30)21-16(3)26-28(17(21)4)20-10-8-7-9-11-20/h7-15H,5-6H2,1-4H3,(H,24,29)(H,25,30). The molecule has 0 aliphatic heterocycles. The number of nitrogens with zero attached hydrogens (tertiary/aromatic N) is 3. The molecule has 0 bridgehead atoms. The van der Waals surface area contributed by atoms with Crippen LogP contribution in [0.2, 0.25) is 0 Å². The zero-order chi connectivity index (χ0) is 21.7. The first-order valence-electron chi connectivity index (χ1n) is 10.0. The molecule has 30 heavy (non-hydrogen) atoms. The number of carbonyl (C=O) groups is 2. The molecule has 7 nitrogen and oxygen atoms in total. The summed E-state index contributed by atoms with van der Waals surface area (Å²) in [6, 6.07) is 16.9. The highest BCUT2D eigenvalue weighted by Crippen LogP contribution is 2.18. The maximum Gasteiger partial charge on any atom is 0.273 e. The van der Waals surface area contributed by atoms with Gasteiger partial charge in [-0.25, -0.2) is 4.68 Å². The number of benzene rings is 2. The van der Waals surface area contributed by atoms with Gasteiger partial charge < -0.3 is 4.90 Å².